The Morgan fingerprint density at radius 1 is 1.47 bits per heavy atom. The van der Waals surface area contributed by atoms with Crippen molar-refractivity contribution in [2.75, 3.05) is 20.3 Å². The van der Waals surface area contributed by atoms with Crippen molar-refractivity contribution in [1.29, 1.82) is 0 Å². The fraction of sp³-hybridized carbons (Fsp3) is 0.909. The Labute approximate surface area is 92.6 Å². The first kappa shape index (κ1) is 14.4. The van der Waals surface area contributed by atoms with Crippen LogP contribution in [-0.2, 0) is 9.53 Å². The average Bonchev–Trinajstić information content (AvgIpc) is 2.18. The highest BCUT2D eigenvalue weighted by Crippen LogP contribution is 2.04. The Balaban J connectivity index is 3.54. The molecule has 0 saturated carbocycles. The molecule has 0 aromatic rings. The predicted octanol–water partition coefficient (Wildman–Crippen LogP) is 0.903. The van der Waals surface area contributed by atoms with Crippen LogP contribution in [0.3, 0.4) is 0 Å². The van der Waals surface area contributed by atoms with E-state index in [0.29, 0.717) is 13.2 Å². The van der Waals surface area contributed by atoms with Gasteiger partial charge in [0.15, 0.2) is 0 Å². The molecular weight excluding hydrogens is 192 g/mol. The van der Waals surface area contributed by atoms with Gasteiger partial charge in [-0.05, 0) is 12.8 Å². The van der Waals surface area contributed by atoms with E-state index in [1.165, 1.54) is 0 Å². The summed E-state index contributed by atoms with van der Waals surface area (Å²) in [6.07, 6.45) is 2.74. The summed E-state index contributed by atoms with van der Waals surface area (Å²) in [4.78, 5) is 11.5. The maximum absolute atomic E-state index is 11.5. The lowest BCUT2D eigenvalue weighted by atomic mass is 10.1. The maximum Gasteiger partial charge on any atom is 0.222 e. The van der Waals surface area contributed by atoms with Gasteiger partial charge in [-0.15, -0.1) is 0 Å². The van der Waals surface area contributed by atoms with Gasteiger partial charge in [0.1, 0.15) is 0 Å². The van der Waals surface area contributed by atoms with Crippen LogP contribution in [0, 0.1) is 5.92 Å². The normalized spacial score (nSPS) is 14.7. The van der Waals surface area contributed by atoms with Gasteiger partial charge in [0.05, 0.1) is 6.61 Å². The minimum atomic E-state index is 0.0109. The second kappa shape index (κ2) is 8.68. The Morgan fingerprint density at radius 2 is 2.13 bits per heavy atom. The molecule has 0 aliphatic rings. The molecule has 90 valence electrons. The largest absolute Gasteiger partial charge is 0.383 e. The zero-order valence-corrected chi connectivity index (χ0v) is 10.1. The summed E-state index contributed by atoms with van der Waals surface area (Å²) in [6.45, 7) is 5.21. The van der Waals surface area contributed by atoms with Crippen molar-refractivity contribution in [2.45, 2.75) is 39.2 Å². The maximum atomic E-state index is 11.5. The van der Waals surface area contributed by atoms with Gasteiger partial charge in [-0.25, -0.2) is 0 Å². The van der Waals surface area contributed by atoms with Gasteiger partial charge >= 0.3 is 0 Å². The number of rotatable bonds is 8. The van der Waals surface area contributed by atoms with E-state index >= 15 is 0 Å². The summed E-state index contributed by atoms with van der Waals surface area (Å²) >= 11 is 0. The van der Waals surface area contributed by atoms with Crippen LogP contribution >= 0.6 is 0 Å². The smallest absolute Gasteiger partial charge is 0.222 e. The van der Waals surface area contributed by atoms with Gasteiger partial charge < -0.3 is 15.8 Å². The third-order valence-corrected chi connectivity index (χ3v) is 2.36. The highest BCUT2D eigenvalue weighted by atomic mass is 16.5. The number of hydrogen-bond donors (Lipinski definition) is 2. The molecule has 0 rings (SSSR count). The predicted molar refractivity (Wildman–Crippen MR) is 61.6 cm³/mol. The highest BCUT2D eigenvalue weighted by molar-refractivity contribution is 5.78. The minimum Gasteiger partial charge on any atom is -0.383 e. The van der Waals surface area contributed by atoms with Gasteiger partial charge in [0.2, 0.25) is 5.91 Å². The Kier molecular flexibility index (Phi) is 8.33. The van der Waals surface area contributed by atoms with E-state index < -0.39 is 0 Å². The third kappa shape index (κ3) is 7.33. The molecule has 4 heteroatoms. The van der Waals surface area contributed by atoms with Crippen molar-refractivity contribution < 1.29 is 9.53 Å². The van der Waals surface area contributed by atoms with Gasteiger partial charge in [-0.1, -0.05) is 20.3 Å². The molecule has 4 nitrogen and oxygen atoms in total. The molecule has 0 spiro atoms. The Hall–Kier alpha value is -0.610. The molecular formula is C11H24N2O2. The fourth-order valence-electron chi connectivity index (χ4n) is 1.42. The van der Waals surface area contributed by atoms with Crippen LogP contribution in [0.15, 0.2) is 0 Å². The SMILES string of the molecule is CCCC(C)C(=O)NCCC(N)COC. The molecule has 0 saturated heterocycles. The summed E-state index contributed by atoms with van der Waals surface area (Å²) in [5.41, 5.74) is 5.73. The molecule has 2 atom stereocenters. The topological polar surface area (TPSA) is 64.4 Å². The molecule has 0 heterocycles. The van der Waals surface area contributed by atoms with Gasteiger partial charge in [-0.2, -0.15) is 0 Å². The number of nitrogens with two attached hydrogens (primary N) is 1. The number of ether oxygens (including phenoxy) is 1. The number of methoxy groups -OCH3 is 1. The van der Waals surface area contributed by atoms with E-state index in [0.717, 1.165) is 19.3 Å². The minimum absolute atomic E-state index is 0.0109. The van der Waals surface area contributed by atoms with Crippen molar-refractivity contribution in [1.82, 2.24) is 5.32 Å². The van der Waals surface area contributed by atoms with Crippen LogP contribution < -0.4 is 11.1 Å². The first-order chi connectivity index (χ1) is 7.11. The molecule has 2 unspecified atom stereocenters. The van der Waals surface area contributed by atoms with E-state index in [1.54, 1.807) is 7.11 Å². The summed E-state index contributed by atoms with van der Waals surface area (Å²) in [6, 6.07) is 0.0109. The number of hydrogen-bond acceptors (Lipinski definition) is 3. The molecule has 0 bridgehead atoms. The van der Waals surface area contributed by atoms with Gasteiger partial charge in [-0.3, -0.25) is 4.79 Å². The lowest BCUT2D eigenvalue weighted by molar-refractivity contribution is -0.124. The van der Waals surface area contributed by atoms with Crippen molar-refractivity contribution in [2.24, 2.45) is 11.7 Å². The molecule has 15 heavy (non-hydrogen) atoms. The fourth-order valence-corrected chi connectivity index (χ4v) is 1.42. The third-order valence-electron chi connectivity index (χ3n) is 2.36. The van der Waals surface area contributed by atoms with Crippen molar-refractivity contribution in [3.63, 3.8) is 0 Å². The van der Waals surface area contributed by atoms with E-state index in [-0.39, 0.29) is 17.9 Å². The van der Waals surface area contributed by atoms with Crippen LogP contribution in [-0.4, -0.2) is 32.2 Å². The number of carbonyl (C=O) groups excluding carboxylic acids is 1. The molecule has 0 radical (unpaired) electrons. The van der Waals surface area contributed by atoms with Crippen molar-refractivity contribution in [3.8, 4) is 0 Å². The Bertz CT molecular complexity index is 174. The first-order valence-corrected chi connectivity index (χ1v) is 5.64. The lowest BCUT2D eigenvalue weighted by Gasteiger charge is -2.13. The first-order valence-electron chi connectivity index (χ1n) is 5.64. The zero-order valence-electron chi connectivity index (χ0n) is 10.1. The van der Waals surface area contributed by atoms with Crippen LogP contribution in [0.25, 0.3) is 0 Å². The number of carbonyl (C=O) groups is 1. The average molecular weight is 216 g/mol. The number of nitrogens with one attached hydrogen (secondary N) is 1. The quantitative estimate of drug-likeness (QED) is 0.633. The van der Waals surface area contributed by atoms with Gasteiger partial charge in [0.25, 0.3) is 0 Å². The van der Waals surface area contributed by atoms with Crippen LogP contribution in [0.5, 0.6) is 0 Å². The van der Waals surface area contributed by atoms with Gasteiger partial charge in [0, 0.05) is 25.6 Å². The van der Waals surface area contributed by atoms with Crippen molar-refractivity contribution in [3.05, 3.63) is 0 Å². The van der Waals surface area contributed by atoms with E-state index in [1.807, 2.05) is 6.92 Å². The number of amides is 1. The van der Waals surface area contributed by atoms with E-state index in [4.69, 9.17) is 10.5 Å². The Morgan fingerprint density at radius 3 is 2.67 bits per heavy atom. The summed E-state index contributed by atoms with van der Waals surface area (Å²) in [5.74, 6) is 0.232. The molecule has 0 aromatic carbocycles. The molecule has 0 aromatic heterocycles. The summed E-state index contributed by atoms with van der Waals surface area (Å²) < 4.78 is 4.91. The van der Waals surface area contributed by atoms with Crippen molar-refractivity contribution >= 4 is 5.91 Å². The molecule has 1 amide bonds. The molecule has 0 fully saturated rings. The van der Waals surface area contributed by atoms with Crippen LogP contribution in [0.4, 0.5) is 0 Å². The highest BCUT2D eigenvalue weighted by Gasteiger charge is 2.11. The molecule has 3 N–H and O–H groups in total. The molecule has 0 aliphatic heterocycles. The monoisotopic (exact) mass is 216 g/mol. The second-order valence-electron chi connectivity index (χ2n) is 3.98. The molecule has 0 aliphatic carbocycles. The van der Waals surface area contributed by atoms with E-state index in [9.17, 15) is 4.79 Å². The lowest BCUT2D eigenvalue weighted by Crippen LogP contribution is -2.35. The summed E-state index contributed by atoms with van der Waals surface area (Å²) in [5, 5.41) is 2.88. The van der Waals surface area contributed by atoms with Crippen LogP contribution in [0.1, 0.15) is 33.1 Å². The van der Waals surface area contributed by atoms with E-state index in [2.05, 4.69) is 12.2 Å². The standard InChI is InChI=1S/C11H24N2O2/c1-4-5-9(2)11(14)13-7-6-10(12)8-15-3/h9-10H,4-8,12H2,1-3H3,(H,13,14). The second-order valence-corrected chi connectivity index (χ2v) is 3.98. The van der Waals surface area contributed by atoms with Crippen LogP contribution in [0.2, 0.25) is 0 Å². The zero-order chi connectivity index (χ0) is 11.7. The summed E-state index contributed by atoms with van der Waals surface area (Å²) in [7, 11) is 1.63.